The van der Waals surface area contributed by atoms with E-state index in [4.69, 9.17) is 0 Å². The van der Waals surface area contributed by atoms with E-state index < -0.39 is 0 Å². The van der Waals surface area contributed by atoms with Gasteiger partial charge < -0.3 is 5.32 Å². The van der Waals surface area contributed by atoms with Crippen LogP contribution in [0.2, 0.25) is 0 Å². The zero-order chi connectivity index (χ0) is 21.0. The maximum atomic E-state index is 12.4. The number of carbonyl (C=O) groups is 1. The number of nitrogens with zero attached hydrogens (tertiary/aromatic N) is 3. The Morgan fingerprint density at radius 1 is 0.839 bits per heavy atom. The molecule has 2 aliphatic carbocycles. The first-order valence-electron chi connectivity index (χ1n) is 12.9. The van der Waals surface area contributed by atoms with Crippen molar-refractivity contribution < 1.29 is 4.79 Å². The van der Waals surface area contributed by atoms with E-state index in [0.29, 0.717) is 12.6 Å². The Bertz CT molecular complexity index is 746. The monoisotopic (exact) mass is 424 g/mol. The van der Waals surface area contributed by atoms with Gasteiger partial charge in [0.25, 0.3) is 0 Å². The van der Waals surface area contributed by atoms with Crippen molar-refractivity contribution in [3.05, 3.63) is 29.3 Å². The van der Waals surface area contributed by atoms with Gasteiger partial charge in [0, 0.05) is 44.0 Å². The van der Waals surface area contributed by atoms with Crippen LogP contribution in [0, 0.1) is 0 Å². The van der Waals surface area contributed by atoms with Gasteiger partial charge in [-0.15, -0.1) is 0 Å². The zero-order valence-electron chi connectivity index (χ0n) is 19.2. The van der Waals surface area contributed by atoms with Crippen LogP contribution in [0.15, 0.2) is 18.2 Å². The quantitative estimate of drug-likeness (QED) is 0.774. The summed E-state index contributed by atoms with van der Waals surface area (Å²) in [6.07, 6.45) is 13.2. The highest BCUT2D eigenvalue weighted by molar-refractivity contribution is 5.92. The maximum Gasteiger partial charge on any atom is 0.238 e. The third-order valence-electron chi connectivity index (χ3n) is 8.16. The highest BCUT2D eigenvalue weighted by Crippen LogP contribution is 2.36. The number of likely N-dealkylation sites (tertiary alicyclic amines) is 1. The summed E-state index contributed by atoms with van der Waals surface area (Å²) >= 11 is 0. The van der Waals surface area contributed by atoms with Crippen molar-refractivity contribution in [2.24, 2.45) is 0 Å². The molecule has 3 fully saturated rings. The van der Waals surface area contributed by atoms with Crippen LogP contribution in [0.4, 0.5) is 5.69 Å². The Morgan fingerprint density at radius 3 is 2.35 bits per heavy atom. The van der Waals surface area contributed by atoms with Gasteiger partial charge in [0.1, 0.15) is 0 Å². The number of hydrogen-bond donors (Lipinski definition) is 1. The standard InChI is InChI=1S/C26H40N4O/c31-26(20-28-13-4-5-14-28)27-22-11-12-24-21(19-22)7-6-10-25(24)30-17-15-29(16-18-30)23-8-2-1-3-9-23/h11-12,19,23,25H,1-10,13-18,20H2,(H,27,31). The van der Waals surface area contributed by atoms with Gasteiger partial charge >= 0.3 is 0 Å². The summed E-state index contributed by atoms with van der Waals surface area (Å²) in [6.45, 7) is 7.54. The molecule has 1 amide bonds. The SMILES string of the molecule is O=C(CN1CCCC1)Nc1ccc2c(c1)CCCC2N1CCN(C2CCCCC2)CC1. The molecule has 2 aliphatic heterocycles. The number of piperazine rings is 1. The van der Waals surface area contributed by atoms with E-state index in [1.807, 2.05) is 0 Å². The fraction of sp³-hybridized carbons (Fsp3) is 0.731. The molecule has 2 saturated heterocycles. The molecule has 31 heavy (non-hydrogen) atoms. The van der Waals surface area contributed by atoms with Crippen LogP contribution in [-0.2, 0) is 11.2 Å². The summed E-state index contributed by atoms with van der Waals surface area (Å²) in [5.74, 6) is 0.132. The molecule has 1 unspecified atom stereocenters. The van der Waals surface area contributed by atoms with Gasteiger partial charge in [-0.25, -0.2) is 0 Å². The highest BCUT2D eigenvalue weighted by atomic mass is 16.2. The highest BCUT2D eigenvalue weighted by Gasteiger charge is 2.31. The van der Waals surface area contributed by atoms with Gasteiger partial charge in [0.2, 0.25) is 5.91 Å². The van der Waals surface area contributed by atoms with E-state index in [-0.39, 0.29) is 5.91 Å². The largest absolute Gasteiger partial charge is 0.325 e. The number of benzene rings is 1. The lowest BCUT2D eigenvalue weighted by molar-refractivity contribution is -0.117. The van der Waals surface area contributed by atoms with Crippen molar-refractivity contribution in [2.45, 2.75) is 76.3 Å². The average Bonchev–Trinajstić information content (AvgIpc) is 3.32. The van der Waals surface area contributed by atoms with Crippen LogP contribution in [-0.4, -0.2) is 72.5 Å². The number of nitrogens with one attached hydrogen (secondary N) is 1. The first kappa shape index (κ1) is 21.4. The third-order valence-corrected chi connectivity index (χ3v) is 8.16. The number of fused-ring (bicyclic) bond motifs is 1. The Kier molecular flexibility index (Phi) is 6.92. The van der Waals surface area contributed by atoms with E-state index in [9.17, 15) is 4.79 Å². The summed E-state index contributed by atoms with van der Waals surface area (Å²) in [5, 5.41) is 3.15. The normalized spacial score (nSPS) is 26.6. The van der Waals surface area contributed by atoms with Crippen molar-refractivity contribution >= 4 is 11.6 Å². The molecular formula is C26H40N4O. The van der Waals surface area contributed by atoms with Crippen molar-refractivity contribution in [3.8, 4) is 0 Å². The number of anilines is 1. The molecule has 0 spiro atoms. The lowest BCUT2D eigenvalue weighted by atomic mass is 9.86. The number of rotatable bonds is 5. The van der Waals surface area contributed by atoms with Crippen LogP contribution < -0.4 is 5.32 Å². The van der Waals surface area contributed by atoms with E-state index in [1.54, 1.807) is 0 Å². The molecule has 1 atom stereocenters. The molecule has 5 heteroatoms. The van der Waals surface area contributed by atoms with Gasteiger partial charge in [-0.3, -0.25) is 19.5 Å². The van der Waals surface area contributed by atoms with E-state index >= 15 is 0 Å². The Labute approximate surface area is 188 Å². The first-order valence-corrected chi connectivity index (χ1v) is 12.9. The first-order chi connectivity index (χ1) is 15.3. The summed E-state index contributed by atoms with van der Waals surface area (Å²) < 4.78 is 0. The van der Waals surface area contributed by atoms with Gasteiger partial charge in [-0.05, 0) is 81.3 Å². The van der Waals surface area contributed by atoms with Crippen LogP contribution in [0.3, 0.4) is 0 Å². The average molecular weight is 425 g/mol. The second-order valence-corrected chi connectivity index (χ2v) is 10.2. The van der Waals surface area contributed by atoms with Gasteiger partial charge in [-0.2, -0.15) is 0 Å². The summed E-state index contributed by atoms with van der Waals surface area (Å²) in [7, 11) is 0. The summed E-state index contributed by atoms with van der Waals surface area (Å²) in [6, 6.07) is 8.10. The lowest BCUT2D eigenvalue weighted by Gasteiger charge is -2.44. The number of amides is 1. The van der Waals surface area contributed by atoms with Crippen LogP contribution >= 0.6 is 0 Å². The van der Waals surface area contributed by atoms with Crippen LogP contribution in [0.5, 0.6) is 0 Å². The molecule has 2 heterocycles. The summed E-state index contributed by atoms with van der Waals surface area (Å²) in [5.41, 5.74) is 3.94. The molecule has 1 N–H and O–H groups in total. The van der Waals surface area contributed by atoms with Crippen LogP contribution in [0.25, 0.3) is 0 Å². The number of carbonyl (C=O) groups excluding carboxylic acids is 1. The molecule has 0 bridgehead atoms. The molecular weight excluding hydrogens is 384 g/mol. The minimum atomic E-state index is 0.132. The molecule has 1 aromatic carbocycles. The Hall–Kier alpha value is -1.43. The second-order valence-electron chi connectivity index (χ2n) is 10.2. The molecule has 170 valence electrons. The molecule has 5 nitrogen and oxygen atoms in total. The van der Waals surface area contributed by atoms with Crippen molar-refractivity contribution in [1.82, 2.24) is 14.7 Å². The third kappa shape index (κ3) is 5.15. The molecule has 0 aromatic heterocycles. The fourth-order valence-electron chi connectivity index (χ4n) is 6.45. The zero-order valence-corrected chi connectivity index (χ0v) is 19.2. The Morgan fingerprint density at radius 2 is 1.58 bits per heavy atom. The van der Waals surface area contributed by atoms with E-state index in [1.165, 1.54) is 95.1 Å². The topological polar surface area (TPSA) is 38.8 Å². The molecule has 1 aromatic rings. The van der Waals surface area contributed by atoms with Crippen molar-refractivity contribution in [1.29, 1.82) is 0 Å². The van der Waals surface area contributed by atoms with Crippen LogP contribution in [0.1, 0.15) is 75.0 Å². The van der Waals surface area contributed by atoms with Gasteiger partial charge in [0.15, 0.2) is 0 Å². The van der Waals surface area contributed by atoms with E-state index in [0.717, 1.165) is 31.2 Å². The van der Waals surface area contributed by atoms with E-state index in [2.05, 4.69) is 38.2 Å². The second kappa shape index (κ2) is 10.0. The molecule has 4 aliphatic rings. The fourth-order valence-corrected chi connectivity index (χ4v) is 6.45. The lowest BCUT2D eigenvalue weighted by Crippen LogP contribution is -2.51. The number of hydrogen-bond acceptors (Lipinski definition) is 4. The predicted octanol–water partition coefficient (Wildman–Crippen LogP) is 4.05. The molecule has 5 rings (SSSR count). The minimum absolute atomic E-state index is 0.132. The Balaban J connectivity index is 1.18. The molecule has 1 saturated carbocycles. The molecule has 0 radical (unpaired) electrons. The van der Waals surface area contributed by atoms with Crippen molar-refractivity contribution in [3.63, 3.8) is 0 Å². The predicted molar refractivity (Wildman–Crippen MR) is 126 cm³/mol. The summed E-state index contributed by atoms with van der Waals surface area (Å²) in [4.78, 5) is 20.2. The number of aryl methyl sites for hydroxylation is 1. The maximum absolute atomic E-state index is 12.4. The minimum Gasteiger partial charge on any atom is -0.325 e. The van der Waals surface area contributed by atoms with Crippen molar-refractivity contribution in [2.75, 3.05) is 51.1 Å². The smallest absolute Gasteiger partial charge is 0.238 e. The van der Waals surface area contributed by atoms with Gasteiger partial charge in [-0.1, -0.05) is 25.3 Å². The van der Waals surface area contributed by atoms with Gasteiger partial charge in [0.05, 0.1) is 6.54 Å².